The summed E-state index contributed by atoms with van der Waals surface area (Å²) in [5.74, 6) is -1.16. The first-order chi connectivity index (χ1) is 8.78. The topological polar surface area (TPSA) is 93.1 Å². The fraction of sp³-hybridized carbons (Fsp3) is 0.917. The maximum atomic E-state index is 12.7. The first kappa shape index (κ1) is 18.6. The van der Waals surface area contributed by atoms with Gasteiger partial charge in [0.15, 0.2) is 0 Å². The van der Waals surface area contributed by atoms with E-state index in [0.29, 0.717) is 0 Å². The number of hydrogen-bond acceptors (Lipinski definition) is 5. The molecule has 0 aromatic rings. The molecule has 0 rings (SSSR count). The van der Waals surface area contributed by atoms with Crippen molar-refractivity contribution in [3.05, 3.63) is 0 Å². The van der Waals surface area contributed by atoms with Crippen molar-refractivity contribution in [2.24, 2.45) is 5.92 Å². The number of aliphatic carboxylic acids is 1. The summed E-state index contributed by atoms with van der Waals surface area (Å²) in [6.45, 7) is 7.29. The Morgan fingerprint density at radius 2 is 1.68 bits per heavy atom. The summed E-state index contributed by atoms with van der Waals surface area (Å²) in [6, 6.07) is 0. The Morgan fingerprint density at radius 3 is 2.00 bits per heavy atom. The van der Waals surface area contributed by atoms with E-state index in [0.717, 1.165) is 0 Å². The van der Waals surface area contributed by atoms with E-state index < -0.39 is 25.3 Å². The third-order valence-electron chi connectivity index (χ3n) is 2.76. The molecule has 2 atom stereocenters. The second-order valence-corrected chi connectivity index (χ2v) is 6.87. The van der Waals surface area contributed by atoms with Gasteiger partial charge in [-0.05, 0) is 26.2 Å². The number of carboxylic acids is 1. The molecule has 0 unspecified atom stereocenters. The fourth-order valence-corrected chi connectivity index (χ4v) is 4.16. The lowest BCUT2D eigenvalue weighted by atomic mass is 10.0. The second kappa shape index (κ2) is 8.69. The van der Waals surface area contributed by atoms with E-state index in [9.17, 15) is 14.5 Å². The molecule has 0 bridgehead atoms. The molecule has 19 heavy (non-hydrogen) atoms. The minimum Gasteiger partial charge on any atom is -0.481 e. The van der Waals surface area contributed by atoms with Crippen molar-refractivity contribution in [1.29, 1.82) is 0 Å². The highest BCUT2D eigenvalue weighted by atomic mass is 31.2. The summed E-state index contributed by atoms with van der Waals surface area (Å²) in [5.41, 5.74) is -0.816. The summed E-state index contributed by atoms with van der Waals surface area (Å²) in [4.78, 5) is 10.7. The number of carboxylic acid groups (broad SMARTS) is 1. The average molecular weight is 296 g/mol. The quantitative estimate of drug-likeness (QED) is 0.602. The molecular weight excluding hydrogens is 271 g/mol. The molecule has 0 aliphatic carbocycles. The molecule has 0 fully saturated rings. The van der Waals surface area contributed by atoms with Gasteiger partial charge in [-0.25, -0.2) is 0 Å². The van der Waals surface area contributed by atoms with E-state index in [4.69, 9.17) is 14.2 Å². The maximum absolute atomic E-state index is 12.7. The van der Waals surface area contributed by atoms with Gasteiger partial charge < -0.3 is 19.3 Å². The van der Waals surface area contributed by atoms with Crippen LogP contribution in [0, 0.1) is 5.92 Å². The van der Waals surface area contributed by atoms with E-state index in [2.05, 4.69) is 0 Å². The summed E-state index contributed by atoms with van der Waals surface area (Å²) in [5, 5.41) is 18.9. The minimum atomic E-state index is -3.51. The molecule has 0 saturated carbocycles. The van der Waals surface area contributed by atoms with Crippen LogP contribution in [0.15, 0.2) is 0 Å². The van der Waals surface area contributed by atoms with Crippen LogP contribution in [0.1, 0.15) is 40.5 Å². The van der Waals surface area contributed by atoms with Gasteiger partial charge in [-0.2, -0.15) is 0 Å². The van der Waals surface area contributed by atoms with Crippen LogP contribution >= 0.6 is 7.60 Å². The monoisotopic (exact) mass is 296 g/mol. The molecule has 0 aromatic heterocycles. The fourth-order valence-electron chi connectivity index (χ4n) is 1.82. The standard InChI is InChI=1S/C12H25O6P/c1-5-17-19(16,18-6-2)10(7-8-11(13)14)12(15)9(3)4/h9-10,12,15H,5-8H2,1-4H3,(H,13,14)/t10-,12+/m1/s1. The zero-order chi connectivity index (χ0) is 15.1. The van der Waals surface area contributed by atoms with Crippen molar-refractivity contribution >= 4 is 13.6 Å². The lowest BCUT2D eigenvalue weighted by Gasteiger charge is -2.31. The minimum absolute atomic E-state index is 0.0615. The van der Waals surface area contributed by atoms with Crippen LogP contribution in [0.25, 0.3) is 0 Å². The van der Waals surface area contributed by atoms with Crippen LogP contribution in [-0.2, 0) is 18.4 Å². The van der Waals surface area contributed by atoms with E-state index in [1.165, 1.54) is 0 Å². The third-order valence-corrected chi connectivity index (χ3v) is 5.37. The summed E-state index contributed by atoms with van der Waals surface area (Å²) in [6.07, 6.45) is -1.05. The molecule has 6 nitrogen and oxygen atoms in total. The van der Waals surface area contributed by atoms with E-state index >= 15 is 0 Å². The Kier molecular flexibility index (Phi) is 8.50. The van der Waals surface area contributed by atoms with Crippen molar-refractivity contribution in [2.75, 3.05) is 13.2 Å². The molecule has 0 aromatic carbocycles. The van der Waals surface area contributed by atoms with Crippen LogP contribution in [0.4, 0.5) is 0 Å². The molecule has 114 valence electrons. The van der Waals surface area contributed by atoms with Gasteiger partial charge >= 0.3 is 13.6 Å². The molecule has 0 radical (unpaired) electrons. The predicted octanol–water partition coefficient (Wildman–Crippen LogP) is 2.50. The molecule has 0 saturated heterocycles. The number of rotatable bonds is 10. The van der Waals surface area contributed by atoms with Crippen molar-refractivity contribution < 1.29 is 28.6 Å². The van der Waals surface area contributed by atoms with Gasteiger partial charge in [0.1, 0.15) is 0 Å². The molecule has 0 aliphatic heterocycles. The molecule has 0 spiro atoms. The van der Waals surface area contributed by atoms with Crippen molar-refractivity contribution in [3.8, 4) is 0 Å². The lowest BCUT2D eigenvalue weighted by molar-refractivity contribution is -0.137. The largest absolute Gasteiger partial charge is 0.481 e. The van der Waals surface area contributed by atoms with Gasteiger partial charge in [0.25, 0.3) is 0 Å². The molecule has 0 amide bonds. The Labute approximate surface area is 114 Å². The van der Waals surface area contributed by atoms with Crippen LogP contribution in [0.3, 0.4) is 0 Å². The number of aliphatic hydroxyl groups excluding tert-OH is 1. The molecule has 7 heteroatoms. The van der Waals surface area contributed by atoms with Crippen molar-refractivity contribution in [3.63, 3.8) is 0 Å². The van der Waals surface area contributed by atoms with Gasteiger partial charge in [0.2, 0.25) is 0 Å². The first-order valence-electron chi connectivity index (χ1n) is 6.57. The molecular formula is C12H25O6P. The number of hydrogen-bond donors (Lipinski definition) is 2. The molecule has 0 heterocycles. The lowest BCUT2D eigenvalue weighted by Crippen LogP contribution is -2.33. The van der Waals surface area contributed by atoms with Crippen LogP contribution in [0.2, 0.25) is 0 Å². The summed E-state index contributed by atoms with van der Waals surface area (Å²) < 4.78 is 23.1. The zero-order valence-electron chi connectivity index (χ0n) is 12.0. The van der Waals surface area contributed by atoms with Crippen LogP contribution < -0.4 is 0 Å². The highest BCUT2D eigenvalue weighted by Gasteiger charge is 2.41. The van der Waals surface area contributed by atoms with Gasteiger partial charge in [-0.1, -0.05) is 13.8 Å². The van der Waals surface area contributed by atoms with Crippen LogP contribution in [-0.4, -0.2) is 41.2 Å². The second-order valence-electron chi connectivity index (χ2n) is 4.61. The SMILES string of the molecule is CCOP(=O)(OCC)[C@H](CCC(=O)O)[C@@H](O)C(C)C. The Hall–Kier alpha value is -0.420. The smallest absolute Gasteiger partial charge is 0.336 e. The number of aliphatic hydroxyl groups is 1. The average Bonchev–Trinajstić information content (AvgIpc) is 2.28. The Balaban J connectivity index is 5.14. The van der Waals surface area contributed by atoms with E-state index in [1.807, 2.05) is 0 Å². The molecule has 0 aliphatic rings. The summed E-state index contributed by atoms with van der Waals surface area (Å²) in [7, 11) is -3.51. The zero-order valence-corrected chi connectivity index (χ0v) is 12.9. The normalized spacial score (nSPS) is 15.5. The van der Waals surface area contributed by atoms with Crippen molar-refractivity contribution in [1.82, 2.24) is 0 Å². The Morgan fingerprint density at radius 1 is 1.21 bits per heavy atom. The third kappa shape index (κ3) is 6.04. The Bertz CT molecular complexity index is 307. The van der Waals surface area contributed by atoms with Crippen molar-refractivity contribution in [2.45, 2.75) is 52.3 Å². The predicted molar refractivity (Wildman–Crippen MR) is 72.4 cm³/mol. The highest BCUT2D eigenvalue weighted by molar-refractivity contribution is 7.54. The van der Waals surface area contributed by atoms with Gasteiger partial charge in [-0.15, -0.1) is 0 Å². The van der Waals surface area contributed by atoms with Gasteiger partial charge in [0.05, 0.1) is 25.0 Å². The van der Waals surface area contributed by atoms with E-state index in [1.54, 1.807) is 27.7 Å². The first-order valence-corrected chi connectivity index (χ1v) is 8.18. The summed E-state index contributed by atoms with van der Waals surface area (Å²) >= 11 is 0. The maximum Gasteiger partial charge on any atom is 0.336 e. The van der Waals surface area contributed by atoms with Gasteiger partial charge in [0, 0.05) is 6.42 Å². The highest BCUT2D eigenvalue weighted by Crippen LogP contribution is 2.56. The van der Waals surface area contributed by atoms with Crippen LogP contribution in [0.5, 0.6) is 0 Å². The van der Waals surface area contributed by atoms with E-state index in [-0.39, 0.29) is 32.0 Å². The molecule has 2 N–H and O–H groups in total. The van der Waals surface area contributed by atoms with Gasteiger partial charge in [-0.3, -0.25) is 9.36 Å². The number of carbonyl (C=O) groups is 1.